The van der Waals surface area contributed by atoms with E-state index in [1.54, 1.807) is 23.8 Å². The third-order valence-electron chi connectivity index (χ3n) is 8.57. The van der Waals surface area contributed by atoms with Crippen molar-refractivity contribution in [2.45, 2.75) is 102 Å². The first-order valence-electron chi connectivity index (χ1n) is 15.0. The van der Waals surface area contributed by atoms with Gasteiger partial charge in [-0.2, -0.15) is 0 Å². The summed E-state index contributed by atoms with van der Waals surface area (Å²) in [6, 6.07) is 18.4. The van der Waals surface area contributed by atoms with E-state index in [4.69, 9.17) is 4.74 Å². The number of carbonyl (C=O) groups excluding carboxylic acids is 1. The smallest absolute Gasteiger partial charge is 0.253 e. The molecule has 0 bridgehead atoms. The molecule has 4 atom stereocenters. The van der Waals surface area contributed by atoms with Crippen molar-refractivity contribution in [1.29, 1.82) is 0 Å². The predicted molar refractivity (Wildman–Crippen MR) is 161 cm³/mol. The number of carbonyl (C=O) groups is 1. The summed E-state index contributed by atoms with van der Waals surface area (Å²) in [5.74, 6) is 0.543. The van der Waals surface area contributed by atoms with Crippen LogP contribution in [0.1, 0.15) is 105 Å². The highest BCUT2D eigenvalue weighted by Gasteiger charge is 2.38. The summed E-state index contributed by atoms with van der Waals surface area (Å²) >= 11 is 0. The molecule has 7 heteroatoms. The number of benzene rings is 2. The van der Waals surface area contributed by atoms with Crippen LogP contribution < -0.4 is 20.9 Å². The third kappa shape index (κ3) is 6.57. The Hall–Kier alpha value is -3.42. The van der Waals surface area contributed by atoms with Crippen LogP contribution in [0.3, 0.4) is 0 Å². The lowest BCUT2D eigenvalue weighted by Gasteiger charge is -2.41. The number of nitrogens with zero attached hydrogens (tertiary/aromatic N) is 1. The molecular formula is C34H43N3O4. The zero-order valence-corrected chi connectivity index (χ0v) is 24.6. The van der Waals surface area contributed by atoms with Gasteiger partial charge in [-0.25, -0.2) is 0 Å². The first-order valence-corrected chi connectivity index (χ1v) is 15.0. The molecule has 0 saturated heterocycles. The Morgan fingerprint density at radius 3 is 2.51 bits per heavy atom. The summed E-state index contributed by atoms with van der Waals surface area (Å²) in [5.41, 5.74) is 3.22. The minimum absolute atomic E-state index is 0.0621. The Morgan fingerprint density at radius 2 is 1.83 bits per heavy atom. The molecule has 1 aliphatic heterocycles. The molecule has 218 valence electrons. The second kappa shape index (κ2) is 12.2. The predicted octanol–water partition coefficient (Wildman–Crippen LogP) is 5.64. The van der Waals surface area contributed by atoms with E-state index in [2.05, 4.69) is 49.6 Å². The molecule has 1 aromatic heterocycles. The Morgan fingerprint density at radius 1 is 1.10 bits per heavy atom. The molecule has 1 saturated carbocycles. The highest BCUT2D eigenvalue weighted by molar-refractivity contribution is 5.94. The lowest BCUT2D eigenvalue weighted by molar-refractivity contribution is 0.0552. The minimum Gasteiger partial charge on any atom is -0.487 e. The minimum atomic E-state index is -0.855. The normalized spacial score (nSPS) is 20.5. The topological polar surface area (TPSA) is 92.6 Å². The van der Waals surface area contributed by atoms with Crippen molar-refractivity contribution in [2.75, 3.05) is 0 Å². The summed E-state index contributed by atoms with van der Waals surface area (Å²) in [7, 11) is 0. The molecule has 3 N–H and O–H groups in total. The van der Waals surface area contributed by atoms with Crippen molar-refractivity contribution >= 4 is 5.91 Å². The van der Waals surface area contributed by atoms with Crippen LogP contribution in [0.15, 0.2) is 71.7 Å². The van der Waals surface area contributed by atoms with Gasteiger partial charge in [0.05, 0.1) is 23.8 Å². The molecule has 1 fully saturated rings. The first-order chi connectivity index (χ1) is 19.6. The van der Waals surface area contributed by atoms with Crippen LogP contribution >= 0.6 is 0 Å². The zero-order chi connectivity index (χ0) is 29.1. The number of aromatic nitrogens is 1. The van der Waals surface area contributed by atoms with Gasteiger partial charge in [-0.1, -0.05) is 62.2 Å². The van der Waals surface area contributed by atoms with Gasteiger partial charge in [-0.05, 0) is 63.3 Å². The van der Waals surface area contributed by atoms with Gasteiger partial charge in [0.25, 0.3) is 11.5 Å². The van der Waals surface area contributed by atoms with Crippen LogP contribution in [-0.2, 0) is 6.42 Å². The summed E-state index contributed by atoms with van der Waals surface area (Å²) in [6.07, 6.45) is 6.55. The first kappa shape index (κ1) is 29.1. The van der Waals surface area contributed by atoms with Crippen molar-refractivity contribution in [1.82, 2.24) is 15.2 Å². The van der Waals surface area contributed by atoms with Crippen LogP contribution in [0, 0.1) is 0 Å². The number of amides is 1. The number of nitrogens with one attached hydrogen (secondary N) is 2. The SMILES string of the molecule is CCc1ccc2c(c1)C(NC(c1ccccc1)[C@H](NC(=O)c1ccc(=O)n(C3CCCC3)c1)[C@@H](C)O)CC(C)(C)O2. The highest BCUT2D eigenvalue weighted by Crippen LogP contribution is 2.41. The van der Waals surface area contributed by atoms with E-state index in [0.29, 0.717) is 5.56 Å². The largest absolute Gasteiger partial charge is 0.487 e. The molecule has 0 radical (unpaired) electrons. The number of ether oxygens (including phenoxy) is 1. The number of hydrogen-bond donors (Lipinski definition) is 3. The van der Waals surface area contributed by atoms with Gasteiger partial charge >= 0.3 is 0 Å². The quantitative estimate of drug-likeness (QED) is 0.317. The Labute approximate surface area is 242 Å². The highest BCUT2D eigenvalue weighted by atomic mass is 16.5. The molecule has 3 aromatic rings. The molecule has 2 aromatic carbocycles. The summed E-state index contributed by atoms with van der Waals surface area (Å²) in [4.78, 5) is 26.3. The Bertz CT molecular complexity index is 1410. The number of hydrogen-bond acceptors (Lipinski definition) is 5. The lowest BCUT2D eigenvalue weighted by Crippen LogP contribution is -2.52. The van der Waals surface area contributed by atoms with E-state index in [1.807, 2.05) is 30.3 Å². The van der Waals surface area contributed by atoms with E-state index < -0.39 is 23.8 Å². The standard InChI is InChI=1S/C34H43N3O4/c1-5-23-15-17-29-27(19-23)28(20-34(3,4)41-29)35-32(24-11-7-6-8-12-24)31(22(2)38)36-33(40)25-16-18-30(39)37(21-25)26-13-9-10-14-26/h6-8,11-12,15-19,21-22,26,28,31-32,35,38H,5,9-10,13-14,20H2,1-4H3,(H,36,40)/t22-,28?,31-,32?/m1/s1. The molecule has 7 nitrogen and oxygen atoms in total. The fraction of sp³-hybridized carbons (Fsp3) is 0.471. The fourth-order valence-corrected chi connectivity index (χ4v) is 6.38. The van der Waals surface area contributed by atoms with Crippen LogP contribution in [0.25, 0.3) is 0 Å². The maximum absolute atomic E-state index is 13.7. The molecule has 2 unspecified atom stereocenters. The van der Waals surface area contributed by atoms with Gasteiger partial charge in [-0.15, -0.1) is 0 Å². The summed E-state index contributed by atoms with van der Waals surface area (Å²) in [6.45, 7) is 8.02. The van der Waals surface area contributed by atoms with E-state index in [0.717, 1.165) is 55.4 Å². The molecule has 41 heavy (non-hydrogen) atoms. The van der Waals surface area contributed by atoms with Gasteiger partial charge in [0.1, 0.15) is 11.4 Å². The van der Waals surface area contributed by atoms with Gasteiger partial charge in [-0.3, -0.25) is 9.59 Å². The van der Waals surface area contributed by atoms with Crippen LogP contribution in [0.2, 0.25) is 0 Å². The van der Waals surface area contributed by atoms with E-state index in [-0.39, 0.29) is 23.6 Å². The van der Waals surface area contributed by atoms with Gasteiger partial charge in [0.15, 0.2) is 0 Å². The maximum Gasteiger partial charge on any atom is 0.253 e. The maximum atomic E-state index is 13.7. The summed E-state index contributed by atoms with van der Waals surface area (Å²) < 4.78 is 8.05. The summed E-state index contributed by atoms with van der Waals surface area (Å²) in [5, 5.41) is 18.0. The fourth-order valence-electron chi connectivity index (χ4n) is 6.38. The lowest BCUT2D eigenvalue weighted by atomic mass is 9.86. The number of aliphatic hydroxyl groups excluding tert-OH is 1. The van der Waals surface area contributed by atoms with E-state index in [1.165, 1.54) is 11.6 Å². The molecule has 5 rings (SSSR count). The number of pyridine rings is 1. The van der Waals surface area contributed by atoms with Gasteiger partial charge < -0.3 is 25.0 Å². The molecular weight excluding hydrogens is 514 g/mol. The second-order valence-corrected chi connectivity index (χ2v) is 12.2. The van der Waals surface area contributed by atoms with Crippen LogP contribution in [-0.4, -0.2) is 33.3 Å². The number of rotatable bonds is 9. The van der Waals surface area contributed by atoms with Gasteiger partial charge in [0, 0.05) is 36.3 Å². The van der Waals surface area contributed by atoms with Crippen LogP contribution in [0.4, 0.5) is 0 Å². The average Bonchev–Trinajstić information content (AvgIpc) is 3.49. The van der Waals surface area contributed by atoms with Crippen molar-refractivity contribution in [3.63, 3.8) is 0 Å². The zero-order valence-electron chi connectivity index (χ0n) is 24.6. The molecule has 2 heterocycles. The van der Waals surface area contributed by atoms with E-state index >= 15 is 0 Å². The monoisotopic (exact) mass is 557 g/mol. The van der Waals surface area contributed by atoms with Crippen molar-refractivity contribution in [3.05, 3.63) is 99.5 Å². The van der Waals surface area contributed by atoms with Gasteiger partial charge in [0.2, 0.25) is 0 Å². The Balaban J connectivity index is 1.48. The van der Waals surface area contributed by atoms with Crippen molar-refractivity contribution in [2.24, 2.45) is 0 Å². The Kier molecular flexibility index (Phi) is 8.66. The molecule has 0 spiro atoms. The van der Waals surface area contributed by atoms with Crippen LogP contribution in [0.5, 0.6) is 5.75 Å². The molecule has 1 amide bonds. The van der Waals surface area contributed by atoms with Crippen molar-refractivity contribution in [3.8, 4) is 5.75 Å². The third-order valence-corrected chi connectivity index (χ3v) is 8.57. The molecule has 2 aliphatic rings. The second-order valence-electron chi connectivity index (χ2n) is 12.2. The average molecular weight is 558 g/mol. The molecule has 1 aliphatic carbocycles. The number of aliphatic hydroxyl groups is 1. The number of aryl methyl sites for hydroxylation is 1. The van der Waals surface area contributed by atoms with E-state index in [9.17, 15) is 14.7 Å². The number of fused-ring (bicyclic) bond motifs is 1. The van der Waals surface area contributed by atoms with Crippen molar-refractivity contribution < 1.29 is 14.6 Å².